The Morgan fingerprint density at radius 1 is 1.05 bits per heavy atom. The van der Waals surface area contributed by atoms with E-state index in [1.54, 1.807) is 47.0 Å². The Morgan fingerprint density at radius 3 is 2.47 bits per heavy atom. The summed E-state index contributed by atoms with van der Waals surface area (Å²) in [5.74, 6) is 0.0382. The molecule has 0 spiro atoms. The summed E-state index contributed by atoms with van der Waals surface area (Å²) in [6.07, 6.45) is 1.57. The SMILES string of the molecule is CC(C)n1c(=O)n(CC2CC2)c(=O)c2cc(NC(=O)N3CCC(O)C(NC(=O)c4ccccc4)C3)ccc21. The molecule has 200 valence electrons. The molecule has 3 N–H and O–H groups in total. The number of carbonyl (C=O) groups excluding carboxylic acids is 2. The first-order valence-electron chi connectivity index (χ1n) is 13.1. The Morgan fingerprint density at radius 2 is 1.79 bits per heavy atom. The summed E-state index contributed by atoms with van der Waals surface area (Å²) < 4.78 is 2.94. The molecule has 2 unspecified atom stereocenters. The molecular formula is C28H33N5O5. The van der Waals surface area contributed by atoms with Gasteiger partial charge < -0.3 is 20.6 Å². The molecule has 3 aromatic rings. The van der Waals surface area contributed by atoms with E-state index < -0.39 is 18.2 Å². The predicted molar refractivity (Wildman–Crippen MR) is 144 cm³/mol. The third-order valence-corrected chi connectivity index (χ3v) is 7.29. The van der Waals surface area contributed by atoms with Crippen LogP contribution in [0.1, 0.15) is 49.5 Å². The van der Waals surface area contributed by atoms with Gasteiger partial charge in [-0.15, -0.1) is 0 Å². The molecule has 2 atom stereocenters. The molecule has 10 heteroatoms. The number of fused-ring (bicyclic) bond motifs is 1. The molecule has 2 fully saturated rings. The minimum absolute atomic E-state index is 0.139. The van der Waals surface area contributed by atoms with Gasteiger partial charge in [0.1, 0.15) is 0 Å². The maximum Gasteiger partial charge on any atom is 0.331 e. The molecule has 1 aromatic heterocycles. The Kier molecular flexibility index (Phi) is 7.07. The largest absolute Gasteiger partial charge is 0.391 e. The Labute approximate surface area is 219 Å². The van der Waals surface area contributed by atoms with Gasteiger partial charge in [0.2, 0.25) is 0 Å². The zero-order valence-electron chi connectivity index (χ0n) is 21.6. The quantitative estimate of drug-likeness (QED) is 0.462. The summed E-state index contributed by atoms with van der Waals surface area (Å²) in [7, 11) is 0. The summed E-state index contributed by atoms with van der Waals surface area (Å²) in [6, 6.07) is 12.5. The van der Waals surface area contributed by atoms with Crippen LogP contribution in [0.4, 0.5) is 10.5 Å². The fourth-order valence-electron chi connectivity index (χ4n) is 4.99. The summed E-state index contributed by atoms with van der Waals surface area (Å²) in [4.78, 5) is 53.6. The first-order chi connectivity index (χ1) is 18.2. The van der Waals surface area contributed by atoms with E-state index >= 15 is 0 Å². The molecule has 5 rings (SSSR count). The molecule has 2 aromatic carbocycles. The van der Waals surface area contributed by atoms with Crippen LogP contribution in [-0.2, 0) is 6.54 Å². The number of nitrogens with one attached hydrogen (secondary N) is 2. The highest BCUT2D eigenvalue weighted by molar-refractivity contribution is 5.95. The number of nitrogens with zero attached hydrogens (tertiary/aromatic N) is 3. The molecule has 3 amide bonds. The second kappa shape index (κ2) is 10.4. The number of aliphatic hydroxyl groups is 1. The van der Waals surface area contributed by atoms with Crippen molar-refractivity contribution in [2.45, 2.75) is 57.8 Å². The number of urea groups is 1. The highest BCUT2D eigenvalue weighted by Gasteiger charge is 2.32. The highest BCUT2D eigenvalue weighted by atomic mass is 16.3. The molecule has 38 heavy (non-hydrogen) atoms. The van der Waals surface area contributed by atoms with Crippen LogP contribution in [0.25, 0.3) is 10.9 Å². The van der Waals surface area contributed by atoms with Gasteiger partial charge in [-0.2, -0.15) is 0 Å². The van der Waals surface area contributed by atoms with Crippen molar-refractivity contribution < 1.29 is 14.7 Å². The minimum atomic E-state index is -0.773. The van der Waals surface area contributed by atoms with E-state index in [1.807, 2.05) is 19.9 Å². The summed E-state index contributed by atoms with van der Waals surface area (Å²) in [5, 5.41) is 16.5. The smallest absolute Gasteiger partial charge is 0.331 e. The topological polar surface area (TPSA) is 126 Å². The van der Waals surface area contributed by atoms with Gasteiger partial charge in [-0.3, -0.25) is 18.7 Å². The number of benzene rings is 2. The van der Waals surface area contributed by atoms with E-state index in [0.29, 0.717) is 47.6 Å². The number of hydrogen-bond donors (Lipinski definition) is 3. The van der Waals surface area contributed by atoms with Crippen LogP contribution in [0.15, 0.2) is 58.1 Å². The van der Waals surface area contributed by atoms with Gasteiger partial charge in [0.25, 0.3) is 11.5 Å². The van der Waals surface area contributed by atoms with Crippen molar-refractivity contribution in [1.29, 1.82) is 0 Å². The van der Waals surface area contributed by atoms with Gasteiger partial charge in [0.15, 0.2) is 0 Å². The van der Waals surface area contributed by atoms with Gasteiger partial charge in [0, 0.05) is 36.9 Å². The fraction of sp³-hybridized carbons (Fsp3) is 0.429. The van der Waals surface area contributed by atoms with Crippen LogP contribution in [0.2, 0.25) is 0 Å². The van der Waals surface area contributed by atoms with Gasteiger partial charge in [-0.05, 0) is 69.4 Å². The fourth-order valence-corrected chi connectivity index (χ4v) is 4.99. The second-order valence-electron chi connectivity index (χ2n) is 10.5. The highest BCUT2D eigenvalue weighted by Crippen LogP contribution is 2.30. The molecule has 1 saturated carbocycles. The van der Waals surface area contributed by atoms with E-state index in [0.717, 1.165) is 12.8 Å². The lowest BCUT2D eigenvalue weighted by Crippen LogP contribution is -2.57. The standard InChI is InChI=1S/C28H33N5O5/c1-17(2)33-23-11-10-20(14-21(23)26(36)32(28(33)38)15-18-8-9-18)29-27(37)31-13-12-24(34)22(16-31)30-25(35)19-6-4-3-5-7-19/h3-7,10-11,14,17-18,22,24,34H,8-9,12-13,15-16H2,1-2H3,(H,29,37)(H,30,35). The van der Waals surface area contributed by atoms with E-state index in [-0.39, 0.29) is 29.7 Å². The number of rotatable bonds is 6. The third kappa shape index (κ3) is 5.22. The van der Waals surface area contributed by atoms with Crippen molar-refractivity contribution in [2.24, 2.45) is 5.92 Å². The molecule has 1 aliphatic carbocycles. The normalized spacial score (nSPS) is 19.5. The second-order valence-corrected chi connectivity index (χ2v) is 10.5. The van der Waals surface area contributed by atoms with Gasteiger partial charge in [-0.25, -0.2) is 9.59 Å². The van der Waals surface area contributed by atoms with Crippen LogP contribution < -0.4 is 21.9 Å². The predicted octanol–water partition coefficient (Wildman–Crippen LogP) is 2.55. The van der Waals surface area contributed by atoms with Crippen molar-refractivity contribution in [2.75, 3.05) is 18.4 Å². The molecule has 2 heterocycles. The molecule has 10 nitrogen and oxygen atoms in total. The average Bonchev–Trinajstić information content (AvgIpc) is 3.73. The number of hydrogen-bond acceptors (Lipinski definition) is 5. The zero-order chi connectivity index (χ0) is 27.0. The van der Waals surface area contributed by atoms with Crippen molar-refractivity contribution in [1.82, 2.24) is 19.4 Å². The van der Waals surface area contributed by atoms with Crippen molar-refractivity contribution in [3.05, 3.63) is 74.9 Å². The lowest BCUT2D eigenvalue weighted by molar-refractivity contribution is 0.0549. The van der Waals surface area contributed by atoms with Crippen LogP contribution >= 0.6 is 0 Å². The number of carbonyl (C=O) groups is 2. The summed E-state index contributed by atoms with van der Waals surface area (Å²) in [6.45, 7) is 4.67. The van der Waals surface area contributed by atoms with Gasteiger partial charge >= 0.3 is 11.7 Å². The van der Waals surface area contributed by atoms with Crippen molar-refractivity contribution in [3.8, 4) is 0 Å². The van der Waals surface area contributed by atoms with E-state index in [1.165, 1.54) is 9.47 Å². The Hall–Kier alpha value is -3.92. The first-order valence-corrected chi connectivity index (χ1v) is 13.1. The van der Waals surface area contributed by atoms with Crippen LogP contribution in [0.3, 0.4) is 0 Å². The van der Waals surface area contributed by atoms with E-state index in [2.05, 4.69) is 10.6 Å². The lowest BCUT2D eigenvalue weighted by Gasteiger charge is -2.36. The lowest BCUT2D eigenvalue weighted by atomic mass is 10.0. The summed E-state index contributed by atoms with van der Waals surface area (Å²) in [5.41, 5.74) is 0.781. The van der Waals surface area contributed by atoms with Crippen LogP contribution in [0.5, 0.6) is 0 Å². The molecule has 2 aliphatic rings. The Bertz CT molecular complexity index is 1470. The van der Waals surface area contributed by atoms with Gasteiger partial charge in [0.05, 0.1) is 23.0 Å². The van der Waals surface area contributed by atoms with Crippen molar-refractivity contribution in [3.63, 3.8) is 0 Å². The molecule has 1 saturated heterocycles. The van der Waals surface area contributed by atoms with Crippen LogP contribution in [0, 0.1) is 5.92 Å². The third-order valence-electron chi connectivity index (χ3n) is 7.29. The van der Waals surface area contributed by atoms with Gasteiger partial charge in [-0.1, -0.05) is 18.2 Å². The number of aliphatic hydroxyl groups excluding tert-OH is 1. The van der Waals surface area contributed by atoms with Crippen molar-refractivity contribution >= 4 is 28.5 Å². The molecule has 0 bridgehead atoms. The summed E-state index contributed by atoms with van der Waals surface area (Å²) >= 11 is 0. The maximum atomic E-state index is 13.3. The molecule has 0 radical (unpaired) electrons. The Balaban J connectivity index is 1.35. The number of amides is 3. The first kappa shape index (κ1) is 25.7. The van der Waals surface area contributed by atoms with E-state index in [9.17, 15) is 24.3 Å². The minimum Gasteiger partial charge on any atom is -0.391 e. The number of aromatic nitrogens is 2. The number of piperidine rings is 1. The van der Waals surface area contributed by atoms with E-state index in [4.69, 9.17) is 0 Å². The molecule has 1 aliphatic heterocycles. The number of anilines is 1. The molecular weight excluding hydrogens is 486 g/mol. The zero-order valence-corrected chi connectivity index (χ0v) is 21.6. The van der Waals surface area contributed by atoms with Crippen LogP contribution in [-0.4, -0.2) is 56.3 Å². The maximum absolute atomic E-state index is 13.3. The monoisotopic (exact) mass is 519 g/mol. The number of likely N-dealkylation sites (tertiary alicyclic amines) is 1. The average molecular weight is 520 g/mol.